The van der Waals surface area contributed by atoms with Crippen LogP contribution in [0.1, 0.15) is 23.2 Å². The molecule has 122 valence electrons. The van der Waals surface area contributed by atoms with Crippen molar-refractivity contribution in [2.45, 2.75) is 23.1 Å². The van der Waals surface area contributed by atoms with Crippen molar-refractivity contribution in [1.29, 1.82) is 0 Å². The molecule has 1 atom stereocenters. The summed E-state index contributed by atoms with van der Waals surface area (Å²) in [5.41, 5.74) is 0.582. The SMILES string of the molecule is O=C(NC[C@@H]1CCCN1S(=O)(=O)c1cccs1)c1ccccc1. The molecule has 2 heterocycles. The van der Waals surface area contributed by atoms with Gasteiger partial charge in [0, 0.05) is 24.7 Å². The number of hydrogen-bond donors (Lipinski definition) is 1. The lowest BCUT2D eigenvalue weighted by Gasteiger charge is -2.23. The molecule has 1 amide bonds. The largest absolute Gasteiger partial charge is 0.350 e. The van der Waals surface area contributed by atoms with Gasteiger partial charge in [0.15, 0.2) is 0 Å². The maximum Gasteiger partial charge on any atom is 0.252 e. The van der Waals surface area contributed by atoms with Crippen LogP contribution in [0, 0.1) is 0 Å². The average Bonchev–Trinajstić information content (AvgIpc) is 3.25. The van der Waals surface area contributed by atoms with E-state index in [0.29, 0.717) is 22.9 Å². The molecular formula is C16H18N2O3S2. The van der Waals surface area contributed by atoms with Crippen molar-refractivity contribution in [3.05, 3.63) is 53.4 Å². The van der Waals surface area contributed by atoms with Crippen LogP contribution in [0.25, 0.3) is 0 Å². The predicted octanol–water partition coefficient (Wildman–Crippen LogP) is 2.33. The zero-order valence-electron chi connectivity index (χ0n) is 12.5. The Morgan fingerprint density at radius 2 is 2.00 bits per heavy atom. The number of benzene rings is 1. The number of carbonyl (C=O) groups is 1. The lowest BCUT2D eigenvalue weighted by molar-refractivity contribution is 0.0946. The number of carbonyl (C=O) groups excluding carboxylic acids is 1. The van der Waals surface area contributed by atoms with Crippen molar-refractivity contribution in [2.75, 3.05) is 13.1 Å². The summed E-state index contributed by atoms with van der Waals surface area (Å²) in [5, 5.41) is 4.61. The molecule has 0 bridgehead atoms. The molecule has 0 radical (unpaired) electrons. The Morgan fingerprint density at radius 3 is 2.70 bits per heavy atom. The van der Waals surface area contributed by atoms with E-state index in [9.17, 15) is 13.2 Å². The fourth-order valence-corrected chi connectivity index (χ4v) is 5.57. The van der Waals surface area contributed by atoms with Crippen LogP contribution in [0.5, 0.6) is 0 Å². The monoisotopic (exact) mass is 350 g/mol. The van der Waals surface area contributed by atoms with Crippen molar-refractivity contribution in [3.8, 4) is 0 Å². The minimum atomic E-state index is -3.46. The molecule has 0 unspecified atom stereocenters. The van der Waals surface area contributed by atoms with Gasteiger partial charge in [-0.2, -0.15) is 4.31 Å². The highest BCUT2D eigenvalue weighted by Gasteiger charge is 2.35. The smallest absolute Gasteiger partial charge is 0.252 e. The molecule has 3 rings (SSSR count). The summed E-state index contributed by atoms with van der Waals surface area (Å²) < 4.78 is 27.2. The Hall–Kier alpha value is -1.70. The maximum atomic E-state index is 12.6. The summed E-state index contributed by atoms with van der Waals surface area (Å²) in [6.07, 6.45) is 1.58. The van der Waals surface area contributed by atoms with Gasteiger partial charge in [0.25, 0.3) is 15.9 Å². The fraction of sp³-hybridized carbons (Fsp3) is 0.312. The molecule has 0 aliphatic carbocycles. The summed E-state index contributed by atoms with van der Waals surface area (Å²) in [4.78, 5) is 12.1. The van der Waals surface area contributed by atoms with Crippen LogP contribution in [0.3, 0.4) is 0 Å². The number of sulfonamides is 1. The Morgan fingerprint density at radius 1 is 1.22 bits per heavy atom. The Balaban J connectivity index is 1.67. The van der Waals surface area contributed by atoms with Gasteiger partial charge in [0.05, 0.1) is 0 Å². The second kappa shape index (κ2) is 6.82. The first-order valence-electron chi connectivity index (χ1n) is 7.47. The number of hydrogen-bond acceptors (Lipinski definition) is 4. The van der Waals surface area contributed by atoms with Gasteiger partial charge < -0.3 is 5.32 Å². The van der Waals surface area contributed by atoms with Crippen LogP contribution in [0.15, 0.2) is 52.1 Å². The lowest BCUT2D eigenvalue weighted by atomic mass is 10.2. The molecule has 5 nitrogen and oxygen atoms in total. The number of thiophene rings is 1. The van der Waals surface area contributed by atoms with Gasteiger partial charge in [-0.3, -0.25) is 4.79 Å². The highest BCUT2D eigenvalue weighted by molar-refractivity contribution is 7.91. The third kappa shape index (κ3) is 3.46. The van der Waals surface area contributed by atoms with Crippen LogP contribution in [-0.4, -0.2) is 37.8 Å². The van der Waals surface area contributed by atoms with E-state index in [4.69, 9.17) is 0 Å². The third-order valence-electron chi connectivity index (χ3n) is 3.92. The number of rotatable bonds is 5. The molecule has 1 aromatic heterocycles. The van der Waals surface area contributed by atoms with Gasteiger partial charge in [-0.05, 0) is 36.4 Å². The summed E-state index contributed by atoms with van der Waals surface area (Å²) in [5.74, 6) is -0.175. The van der Waals surface area contributed by atoms with Crippen LogP contribution in [0.4, 0.5) is 0 Å². The molecule has 0 spiro atoms. The minimum Gasteiger partial charge on any atom is -0.350 e. The van der Waals surface area contributed by atoms with Crippen LogP contribution >= 0.6 is 11.3 Å². The molecule has 1 aliphatic heterocycles. The molecule has 0 saturated carbocycles. The summed E-state index contributed by atoms with van der Waals surface area (Å²) in [7, 11) is -3.46. The van der Waals surface area contributed by atoms with Crippen LogP contribution < -0.4 is 5.32 Å². The average molecular weight is 350 g/mol. The van der Waals surface area contributed by atoms with Gasteiger partial charge in [0.2, 0.25) is 0 Å². The van der Waals surface area contributed by atoms with Gasteiger partial charge >= 0.3 is 0 Å². The second-order valence-electron chi connectivity index (χ2n) is 5.42. The number of nitrogens with zero attached hydrogens (tertiary/aromatic N) is 1. The number of nitrogens with one attached hydrogen (secondary N) is 1. The van der Waals surface area contributed by atoms with Crippen molar-refractivity contribution in [3.63, 3.8) is 0 Å². The molecule has 1 aromatic carbocycles. The zero-order valence-corrected chi connectivity index (χ0v) is 14.1. The van der Waals surface area contributed by atoms with E-state index in [1.54, 1.807) is 41.8 Å². The van der Waals surface area contributed by atoms with Gasteiger partial charge in [0.1, 0.15) is 4.21 Å². The third-order valence-corrected chi connectivity index (χ3v) is 7.24. The van der Waals surface area contributed by atoms with E-state index < -0.39 is 10.0 Å². The first-order valence-corrected chi connectivity index (χ1v) is 9.79. The normalized spacial score (nSPS) is 18.9. The van der Waals surface area contributed by atoms with Crippen molar-refractivity contribution < 1.29 is 13.2 Å². The topological polar surface area (TPSA) is 66.5 Å². The summed E-state index contributed by atoms with van der Waals surface area (Å²) in [6, 6.07) is 12.1. The lowest BCUT2D eigenvalue weighted by Crippen LogP contribution is -2.42. The quantitative estimate of drug-likeness (QED) is 0.900. The van der Waals surface area contributed by atoms with Crippen molar-refractivity contribution >= 4 is 27.3 Å². The summed E-state index contributed by atoms with van der Waals surface area (Å²) >= 11 is 1.22. The summed E-state index contributed by atoms with van der Waals surface area (Å²) in [6.45, 7) is 0.838. The standard InChI is InChI=1S/C16H18N2O3S2/c19-16(13-6-2-1-3-7-13)17-12-14-8-4-10-18(14)23(20,21)15-9-5-11-22-15/h1-3,5-7,9,11,14H,4,8,10,12H2,(H,17,19)/t14-/m0/s1. The van der Waals surface area contributed by atoms with Gasteiger partial charge in [-0.25, -0.2) is 8.42 Å². The zero-order chi connectivity index (χ0) is 16.3. The minimum absolute atomic E-state index is 0.175. The first-order chi connectivity index (χ1) is 11.1. The molecular weight excluding hydrogens is 332 g/mol. The number of amides is 1. The highest BCUT2D eigenvalue weighted by atomic mass is 32.2. The Kier molecular flexibility index (Phi) is 4.79. The highest BCUT2D eigenvalue weighted by Crippen LogP contribution is 2.28. The molecule has 23 heavy (non-hydrogen) atoms. The molecule has 1 aliphatic rings. The van der Waals surface area contributed by atoms with E-state index >= 15 is 0 Å². The molecule has 7 heteroatoms. The van der Waals surface area contributed by atoms with Crippen LogP contribution in [0.2, 0.25) is 0 Å². The fourth-order valence-electron chi connectivity index (χ4n) is 2.76. The molecule has 1 N–H and O–H groups in total. The van der Waals surface area contributed by atoms with E-state index in [2.05, 4.69) is 5.32 Å². The van der Waals surface area contributed by atoms with E-state index in [-0.39, 0.29) is 11.9 Å². The van der Waals surface area contributed by atoms with Crippen LogP contribution in [-0.2, 0) is 10.0 Å². The molecule has 1 fully saturated rings. The second-order valence-corrected chi connectivity index (χ2v) is 8.49. The Labute approximate surface area is 140 Å². The molecule has 1 saturated heterocycles. The van der Waals surface area contributed by atoms with E-state index in [1.807, 2.05) is 6.07 Å². The predicted molar refractivity (Wildman–Crippen MR) is 90.0 cm³/mol. The van der Waals surface area contributed by atoms with E-state index in [0.717, 1.165) is 12.8 Å². The first kappa shape index (κ1) is 16.2. The van der Waals surface area contributed by atoms with Crippen molar-refractivity contribution in [2.24, 2.45) is 0 Å². The Bertz CT molecular complexity index is 758. The van der Waals surface area contributed by atoms with Crippen molar-refractivity contribution in [1.82, 2.24) is 9.62 Å². The van der Waals surface area contributed by atoms with E-state index in [1.165, 1.54) is 15.6 Å². The maximum absolute atomic E-state index is 12.6. The van der Waals surface area contributed by atoms with Gasteiger partial charge in [-0.15, -0.1) is 11.3 Å². The van der Waals surface area contributed by atoms with Gasteiger partial charge in [-0.1, -0.05) is 24.3 Å². The molecule has 2 aromatic rings.